The van der Waals surface area contributed by atoms with E-state index in [1.165, 1.54) is 0 Å². The smallest absolute Gasteiger partial charge is 0.306 e. The van der Waals surface area contributed by atoms with Gasteiger partial charge in [0.1, 0.15) is 30.2 Å². The number of aliphatic hydroxyl groups excluding tert-OH is 1. The van der Waals surface area contributed by atoms with Gasteiger partial charge in [0.15, 0.2) is 23.1 Å². The second-order valence-electron chi connectivity index (χ2n) is 26.6. The molecule has 14 saturated heterocycles. The molecular weight excluding hydrogens is 1130 g/mol. The van der Waals surface area contributed by atoms with Crippen LogP contribution in [0.15, 0.2) is 24.3 Å². The van der Waals surface area contributed by atoms with Crippen molar-refractivity contribution in [1.29, 1.82) is 0 Å². The third-order valence-corrected chi connectivity index (χ3v) is 22.4. The van der Waals surface area contributed by atoms with Crippen molar-refractivity contribution in [1.82, 2.24) is 0 Å². The van der Waals surface area contributed by atoms with Gasteiger partial charge in [0, 0.05) is 64.2 Å². The molecular formula is C58H81IO19. The number of hydrogen-bond donors (Lipinski definition) is 4. The molecule has 3 spiro atoms. The van der Waals surface area contributed by atoms with Crippen LogP contribution in [0.3, 0.4) is 0 Å². The summed E-state index contributed by atoms with van der Waals surface area (Å²) in [6.45, 7) is 13.4. The molecule has 14 fully saturated rings. The van der Waals surface area contributed by atoms with Crippen LogP contribution in [0, 0.1) is 17.8 Å². The number of carboxylic acid groups (broad SMARTS) is 1. The lowest BCUT2D eigenvalue weighted by Gasteiger charge is -2.53. The van der Waals surface area contributed by atoms with Crippen LogP contribution in [0.4, 0.5) is 0 Å². The first-order valence-corrected chi connectivity index (χ1v) is 31.0. The van der Waals surface area contributed by atoms with E-state index in [1.54, 1.807) is 0 Å². The van der Waals surface area contributed by atoms with E-state index in [0.717, 1.165) is 30.4 Å². The summed E-state index contributed by atoms with van der Waals surface area (Å²) in [5.74, 6) is -6.00. The van der Waals surface area contributed by atoms with E-state index in [9.17, 15) is 30.0 Å². The zero-order valence-corrected chi connectivity index (χ0v) is 47.1. The molecule has 14 rings (SSSR count). The number of fused-ring (bicyclic) bond motifs is 13. The number of Topliss-reactive ketones (excluding diaryl/α,β-unsaturated/α-hetero) is 1. The minimum absolute atomic E-state index is 0.0223. The lowest BCUT2D eigenvalue weighted by Crippen LogP contribution is -2.65. The Morgan fingerprint density at radius 1 is 0.590 bits per heavy atom. The SMILES string of the molecule is C=C1C[C@@H]2CC[C@]34CC(O)(O)C(O3)[C@@H]3O[C@H]5CC[C@H](CC(=O)C[C@@H]6CC7OC8C[C@]9(C[C@@H]%10O[C@@]%11(CC[C@@H]%10O9)C[C@H](C)[C@@H]9O[C@H](CC(=O)O)[C@H](O)C[C@@H]9O%11)O[C@@H]8C[C@@H]7O[C@H]6C[C@H]6O[C@@H](CC[C@@H]1O2)C[C@@H](C)C6=C)O[C@@H]5[C@H](O4)[C@@H]3I. The molecule has 0 aliphatic carbocycles. The topological polar surface area (TPSA) is 235 Å². The van der Waals surface area contributed by atoms with Crippen LogP contribution in [0.1, 0.15) is 149 Å². The average molecular weight is 1210 g/mol. The van der Waals surface area contributed by atoms with E-state index in [2.05, 4.69) is 49.6 Å². The van der Waals surface area contributed by atoms with E-state index < -0.39 is 71.8 Å². The first-order valence-electron chi connectivity index (χ1n) is 29.8. The molecule has 28 atom stereocenters. The highest BCUT2D eigenvalue weighted by Gasteiger charge is 2.68. The first-order chi connectivity index (χ1) is 37.3. The van der Waals surface area contributed by atoms with Gasteiger partial charge >= 0.3 is 5.97 Å². The lowest BCUT2D eigenvalue weighted by atomic mass is 9.78. The van der Waals surface area contributed by atoms with E-state index >= 15 is 0 Å². The molecule has 0 aromatic carbocycles. The van der Waals surface area contributed by atoms with Gasteiger partial charge in [-0.1, -0.05) is 49.6 Å². The van der Waals surface area contributed by atoms with Gasteiger partial charge in [0.05, 0.1) is 121 Å². The number of rotatable bonds is 2. The Balaban J connectivity index is 0.678. The summed E-state index contributed by atoms with van der Waals surface area (Å²) in [7, 11) is 0. The molecule has 0 amide bonds. The minimum Gasteiger partial charge on any atom is -0.481 e. The molecule has 20 heteroatoms. The van der Waals surface area contributed by atoms with Crippen molar-refractivity contribution in [2.24, 2.45) is 17.8 Å². The Bertz CT molecular complexity index is 2340. The summed E-state index contributed by atoms with van der Waals surface area (Å²) >= 11 is 2.30. The van der Waals surface area contributed by atoms with Gasteiger partial charge in [-0.05, 0) is 86.7 Å². The van der Waals surface area contributed by atoms with E-state index in [1.807, 2.05) is 0 Å². The zero-order valence-electron chi connectivity index (χ0n) is 45.0. The third kappa shape index (κ3) is 9.98. The van der Waals surface area contributed by atoms with Crippen molar-refractivity contribution in [3.63, 3.8) is 0 Å². The van der Waals surface area contributed by atoms with Crippen LogP contribution in [-0.4, -0.2) is 187 Å². The van der Waals surface area contributed by atoms with Gasteiger partial charge in [0.25, 0.3) is 0 Å². The maximum Gasteiger partial charge on any atom is 0.306 e. The summed E-state index contributed by atoms with van der Waals surface area (Å²) in [4.78, 5) is 26.1. The van der Waals surface area contributed by atoms with Crippen molar-refractivity contribution in [3.8, 4) is 0 Å². The van der Waals surface area contributed by atoms with Crippen LogP contribution in [0.5, 0.6) is 0 Å². The molecule has 0 saturated carbocycles. The van der Waals surface area contributed by atoms with E-state index in [-0.39, 0.29) is 139 Å². The Hall–Kier alpha value is -1.29. The number of ketones is 1. The Labute approximate surface area is 469 Å². The number of ether oxygens (including phenoxy) is 13. The van der Waals surface area contributed by atoms with Gasteiger partial charge < -0.3 is 82.0 Å². The number of carbonyl (C=O) groups is 2. The first kappa shape index (κ1) is 54.6. The van der Waals surface area contributed by atoms with Crippen LogP contribution in [0.25, 0.3) is 0 Å². The highest BCUT2D eigenvalue weighted by molar-refractivity contribution is 14.1. The fourth-order valence-electron chi connectivity index (χ4n) is 17.3. The van der Waals surface area contributed by atoms with Crippen LogP contribution >= 0.6 is 22.6 Å². The Kier molecular flexibility index (Phi) is 14.3. The second kappa shape index (κ2) is 20.5. The van der Waals surface area contributed by atoms with Gasteiger partial charge in [-0.3, -0.25) is 9.59 Å². The maximum atomic E-state index is 14.6. The second-order valence-corrected chi connectivity index (χ2v) is 28.0. The molecule has 0 aromatic heterocycles. The predicted octanol–water partition coefficient (Wildman–Crippen LogP) is 5.55. The average Bonchev–Trinajstić information content (AvgIpc) is 4.10. The lowest BCUT2D eigenvalue weighted by molar-refractivity contribution is -0.364. The quantitative estimate of drug-likeness (QED) is 0.115. The Morgan fingerprint density at radius 3 is 2.17 bits per heavy atom. The number of carboxylic acids is 1. The molecule has 19 nitrogen and oxygen atoms in total. The van der Waals surface area contributed by atoms with Gasteiger partial charge in [0.2, 0.25) is 0 Å². The zero-order chi connectivity index (χ0) is 53.8. The maximum absolute atomic E-state index is 14.6. The molecule has 14 heterocycles. The predicted molar refractivity (Wildman–Crippen MR) is 279 cm³/mol. The highest BCUT2D eigenvalue weighted by Crippen LogP contribution is 2.56. The van der Waals surface area contributed by atoms with E-state index in [0.29, 0.717) is 89.9 Å². The summed E-state index contributed by atoms with van der Waals surface area (Å²) in [6.07, 6.45) is 2.49. The van der Waals surface area contributed by atoms with Crippen molar-refractivity contribution in [2.45, 2.75) is 304 Å². The number of aliphatic hydroxyl groups is 3. The summed E-state index contributed by atoms with van der Waals surface area (Å²) in [5, 5.41) is 43.2. The molecule has 10 bridgehead atoms. The number of halogens is 1. The van der Waals surface area contributed by atoms with E-state index in [4.69, 9.17) is 61.6 Å². The number of aliphatic carboxylic acids is 1. The molecule has 3 unspecified atom stereocenters. The monoisotopic (exact) mass is 1210 g/mol. The number of alkyl halides is 1. The normalized spacial score (nSPS) is 55.5. The molecule has 78 heavy (non-hydrogen) atoms. The highest BCUT2D eigenvalue weighted by atomic mass is 127. The van der Waals surface area contributed by atoms with Crippen molar-refractivity contribution < 1.29 is 91.6 Å². The third-order valence-electron chi connectivity index (χ3n) is 21.0. The molecule has 434 valence electrons. The fourth-order valence-corrected chi connectivity index (χ4v) is 18.4. The minimum atomic E-state index is -2.14. The fraction of sp³-hybridized carbons (Fsp3) is 0.897. The van der Waals surface area contributed by atoms with Crippen LogP contribution in [0.2, 0.25) is 0 Å². The largest absolute Gasteiger partial charge is 0.481 e. The summed E-state index contributed by atoms with van der Waals surface area (Å²) in [6, 6.07) is 0. The molecule has 0 aromatic rings. The van der Waals surface area contributed by atoms with Crippen molar-refractivity contribution in [2.75, 3.05) is 0 Å². The van der Waals surface area contributed by atoms with Gasteiger partial charge in [-0.2, -0.15) is 0 Å². The molecule has 0 radical (unpaired) electrons. The molecule has 14 aliphatic rings. The van der Waals surface area contributed by atoms with Crippen molar-refractivity contribution >= 4 is 34.3 Å². The van der Waals surface area contributed by atoms with Crippen LogP contribution < -0.4 is 0 Å². The van der Waals surface area contributed by atoms with Gasteiger partial charge in [-0.25, -0.2) is 0 Å². The number of hydrogen-bond acceptors (Lipinski definition) is 18. The summed E-state index contributed by atoms with van der Waals surface area (Å²) in [5.41, 5.74) is 2.10. The van der Waals surface area contributed by atoms with Crippen molar-refractivity contribution in [3.05, 3.63) is 24.3 Å². The molecule has 4 N–H and O–H groups in total. The standard InChI is InChI=1S/C58H81IO19/c1-26-13-32-5-7-36-27(2)14-34(66-36)9-11-56-25-58(64,65)54(78-56)53-49(59)52(77-56)51-38(71-53)8-6-33(68-51)17-31(60)15-30-16-42-43(69-40(30)19-39(67-32)29(26)4)20-44-46(70-42)23-57(74-44)24-47-37(73-57)10-12-55(76-47)22-28(3)50-45(75-55)18-35(61)41(72-50)21-48(62)63/h26,28,30,32-47,49-54,61,64-65H,2,4-25H2,1,3H3,(H,62,63)/t26-,28+,30-,32+,33-,34+,35-,36+,37+,38+,39-,40+,41-,42?,43+,44-,45+,46?,47+,49+,50+,51+,52-,53-,54?,55+,56-,57-/m1/s1. The summed E-state index contributed by atoms with van der Waals surface area (Å²) < 4.78 is 88.5. The van der Waals surface area contributed by atoms with Gasteiger partial charge in [-0.15, -0.1) is 0 Å². The van der Waals surface area contributed by atoms with Crippen LogP contribution in [-0.2, 0) is 71.2 Å². The Morgan fingerprint density at radius 2 is 1.32 bits per heavy atom. The number of carbonyl (C=O) groups excluding carboxylic acids is 1. The molecule has 14 aliphatic heterocycles.